The van der Waals surface area contributed by atoms with Crippen molar-refractivity contribution in [2.45, 2.75) is 24.3 Å². The number of aryl methyl sites for hydroxylation is 1. The molecule has 128 valence electrons. The zero-order valence-electron chi connectivity index (χ0n) is 12.6. The van der Waals surface area contributed by atoms with Gasteiger partial charge in [0.1, 0.15) is 18.5 Å². The first-order valence-electron chi connectivity index (χ1n) is 7.07. The summed E-state index contributed by atoms with van der Waals surface area (Å²) in [4.78, 5) is 0.0296. The Bertz CT molecular complexity index is 882. The molecule has 0 spiro atoms. The zero-order valence-corrected chi connectivity index (χ0v) is 15.0. The van der Waals surface area contributed by atoms with E-state index in [-0.39, 0.29) is 33.7 Å². The Kier molecular flexibility index (Phi) is 4.63. The molecule has 24 heavy (non-hydrogen) atoms. The molecule has 1 aliphatic heterocycles. The molecule has 2 aromatic carbocycles. The lowest BCUT2D eigenvalue weighted by Crippen LogP contribution is -2.23. The molecule has 0 aromatic heterocycles. The minimum Gasteiger partial charge on any atom is -0.486 e. The van der Waals surface area contributed by atoms with E-state index < -0.39 is 27.9 Å². The fourth-order valence-electron chi connectivity index (χ4n) is 2.41. The Morgan fingerprint density at radius 2 is 1.96 bits per heavy atom. The summed E-state index contributed by atoms with van der Waals surface area (Å²) in [6.45, 7) is 1.55. The van der Waals surface area contributed by atoms with Gasteiger partial charge in [0.15, 0.2) is 11.6 Å². The Hall–Kier alpha value is -1.51. The minimum atomic E-state index is -3.94. The van der Waals surface area contributed by atoms with Crippen LogP contribution >= 0.6 is 15.9 Å². The minimum absolute atomic E-state index is 0.0287. The predicted molar refractivity (Wildman–Crippen MR) is 86.5 cm³/mol. The number of ether oxygens (including phenoxy) is 1. The van der Waals surface area contributed by atoms with Crippen molar-refractivity contribution >= 4 is 26.0 Å². The van der Waals surface area contributed by atoms with Crippen molar-refractivity contribution in [3.8, 4) is 5.75 Å². The summed E-state index contributed by atoms with van der Waals surface area (Å²) >= 11 is 3.10. The average molecular weight is 419 g/mol. The van der Waals surface area contributed by atoms with Crippen molar-refractivity contribution in [1.82, 2.24) is 0 Å². The van der Waals surface area contributed by atoms with Gasteiger partial charge in [0.25, 0.3) is 10.1 Å². The predicted octanol–water partition coefficient (Wildman–Crippen LogP) is 3.74. The first kappa shape index (κ1) is 17.3. The average Bonchev–Trinajstić information content (AvgIpc) is 2.96. The van der Waals surface area contributed by atoms with Crippen LogP contribution in [-0.2, 0) is 20.7 Å². The van der Waals surface area contributed by atoms with Crippen LogP contribution in [0.3, 0.4) is 0 Å². The van der Waals surface area contributed by atoms with Gasteiger partial charge in [-0.3, -0.25) is 4.18 Å². The van der Waals surface area contributed by atoms with E-state index in [4.69, 9.17) is 8.92 Å². The van der Waals surface area contributed by atoms with Crippen LogP contribution < -0.4 is 4.74 Å². The van der Waals surface area contributed by atoms with Gasteiger partial charge >= 0.3 is 0 Å². The summed E-state index contributed by atoms with van der Waals surface area (Å²) in [5, 5.41) is 0. The van der Waals surface area contributed by atoms with Crippen LogP contribution in [0.1, 0.15) is 11.1 Å². The van der Waals surface area contributed by atoms with E-state index in [1.54, 1.807) is 12.1 Å². The smallest absolute Gasteiger partial charge is 0.297 e. The molecule has 0 saturated carbocycles. The highest BCUT2D eigenvalue weighted by molar-refractivity contribution is 9.10. The quantitative estimate of drug-likeness (QED) is 0.560. The summed E-state index contributed by atoms with van der Waals surface area (Å²) in [6, 6.07) is 7.18. The molecule has 0 N–H and O–H groups in total. The third kappa shape index (κ3) is 3.31. The maximum atomic E-state index is 13.8. The number of hydrogen-bond acceptors (Lipinski definition) is 4. The summed E-state index contributed by atoms with van der Waals surface area (Å²) in [6.07, 6.45) is -0.686. The van der Waals surface area contributed by atoms with E-state index in [1.165, 1.54) is 12.1 Å². The maximum absolute atomic E-state index is 13.8. The molecular weight excluding hydrogens is 406 g/mol. The van der Waals surface area contributed by atoms with Crippen LogP contribution in [0.25, 0.3) is 0 Å². The lowest BCUT2D eigenvalue weighted by molar-refractivity contribution is 0.151. The summed E-state index contributed by atoms with van der Waals surface area (Å²) in [5.41, 5.74) is 0.995. The molecular formula is C16H13BrF2O4S. The van der Waals surface area contributed by atoms with Crippen LogP contribution in [0.5, 0.6) is 5.75 Å². The number of rotatable bonds is 4. The Labute approximate surface area is 146 Å². The lowest BCUT2D eigenvalue weighted by atomic mass is 10.1. The fourth-order valence-corrected chi connectivity index (χ4v) is 3.88. The molecule has 1 unspecified atom stereocenters. The second kappa shape index (κ2) is 6.42. The highest BCUT2D eigenvalue weighted by Gasteiger charge is 2.31. The highest BCUT2D eigenvalue weighted by Crippen LogP contribution is 2.39. The second-order valence-corrected chi connectivity index (χ2v) is 7.93. The lowest BCUT2D eigenvalue weighted by Gasteiger charge is -2.12. The van der Waals surface area contributed by atoms with E-state index in [2.05, 4.69) is 15.9 Å². The molecule has 0 aliphatic carbocycles. The molecule has 1 aliphatic rings. The Balaban J connectivity index is 1.72. The van der Waals surface area contributed by atoms with E-state index in [0.29, 0.717) is 0 Å². The molecule has 8 heteroatoms. The van der Waals surface area contributed by atoms with Gasteiger partial charge in [-0.15, -0.1) is 0 Å². The van der Waals surface area contributed by atoms with Crippen LogP contribution in [0, 0.1) is 18.6 Å². The number of fused-ring (bicyclic) bond motifs is 1. The zero-order chi connectivity index (χ0) is 17.5. The first-order valence-corrected chi connectivity index (χ1v) is 9.27. The molecule has 0 radical (unpaired) electrons. The molecule has 0 fully saturated rings. The fraction of sp³-hybridized carbons (Fsp3) is 0.250. The van der Waals surface area contributed by atoms with Gasteiger partial charge < -0.3 is 4.74 Å². The van der Waals surface area contributed by atoms with Gasteiger partial charge in [-0.25, -0.2) is 8.78 Å². The summed E-state index contributed by atoms with van der Waals surface area (Å²) in [7, 11) is -3.94. The van der Waals surface area contributed by atoms with Gasteiger partial charge in [-0.2, -0.15) is 8.42 Å². The molecule has 0 bridgehead atoms. The van der Waals surface area contributed by atoms with Gasteiger partial charge in [0, 0.05) is 12.0 Å². The van der Waals surface area contributed by atoms with Gasteiger partial charge in [0.05, 0.1) is 9.37 Å². The molecule has 3 rings (SSSR count). The van der Waals surface area contributed by atoms with Crippen molar-refractivity contribution in [1.29, 1.82) is 0 Å². The van der Waals surface area contributed by atoms with Gasteiger partial charge in [-0.05, 0) is 41.1 Å². The van der Waals surface area contributed by atoms with Crippen LogP contribution in [0.15, 0.2) is 39.7 Å². The van der Waals surface area contributed by atoms with Gasteiger partial charge in [-0.1, -0.05) is 17.7 Å². The van der Waals surface area contributed by atoms with Crippen molar-refractivity contribution < 1.29 is 26.1 Å². The number of halogens is 3. The molecule has 0 saturated heterocycles. The van der Waals surface area contributed by atoms with Crippen molar-refractivity contribution in [3.63, 3.8) is 0 Å². The monoisotopic (exact) mass is 418 g/mol. The number of hydrogen-bond donors (Lipinski definition) is 0. The SMILES string of the molecule is Cc1ccc(S(=O)(=O)OCC2Cc3c(F)c(F)cc(Br)c3O2)cc1. The molecule has 1 heterocycles. The molecule has 4 nitrogen and oxygen atoms in total. The van der Waals surface area contributed by atoms with Crippen molar-refractivity contribution in [2.24, 2.45) is 0 Å². The van der Waals surface area contributed by atoms with E-state index >= 15 is 0 Å². The number of benzene rings is 2. The Morgan fingerprint density at radius 3 is 2.62 bits per heavy atom. The van der Waals surface area contributed by atoms with Gasteiger partial charge in [0.2, 0.25) is 0 Å². The normalized spacial score (nSPS) is 16.8. The van der Waals surface area contributed by atoms with Crippen molar-refractivity contribution in [2.75, 3.05) is 6.61 Å². The van der Waals surface area contributed by atoms with E-state index in [1.807, 2.05) is 6.92 Å². The standard InChI is InChI=1S/C16H13BrF2O4S/c1-9-2-4-11(5-3-9)24(20,21)22-8-10-6-12-15(19)14(18)7-13(17)16(12)23-10/h2-5,7,10H,6,8H2,1H3. The third-order valence-electron chi connectivity index (χ3n) is 3.65. The second-order valence-electron chi connectivity index (χ2n) is 5.46. The first-order chi connectivity index (χ1) is 11.3. The van der Waals surface area contributed by atoms with Crippen LogP contribution in [0.4, 0.5) is 8.78 Å². The molecule has 2 aromatic rings. The van der Waals surface area contributed by atoms with Crippen LogP contribution in [-0.4, -0.2) is 21.1 Å². The van der Waals surface area contributed by atoms with Crippen molar-refractivity contribution in [3.05, 3.63) is 57.6 Å². The molecule has 1 atom stereocenters. The topological polar surface area (TPSA) is 52.6 Å². The van der Waals surface area contributed by atoms with E-state index in [9.17, 15) is 17.2 Å². The highest BCUT2D eigenvalue weighted by atomic mass is 79.9. The summed E-state index contributed by atoms with van der Waals surface area (Å²) in [5.74, 6) is -1.80. The van der Waals surface area contributed by atoms with Crippen LogP contribution in [0.2, 0.25) is 0 Å². The molecule has 0 amide bonds. The summed E-state index contributed by atoms with van der Waals surface area (Å²) < 4.78 is 62.2. The maximum Gasteiger partial charge on any atom is 0.297 e. The largest absolute Gasteiger partial charge is 0.486 e. The van der Waals surface area contributed by atoms with E-state index in [0.717, 1.165) is 11.6 Å². The Morgan fingerprint density at radius 1 is 1.29 bits per heavy atom. The third-order valence-corrected chi connectivity index (χ3v) is 5.54.